The molecular weight excluding hydrogens is 268 g/mol. The van der Waals surface area contributed by atoms with Crippen molar-refractivity contribution in [3.63, 3.8) is 0 Å². The van der Waals surface area contributed by atoms with Gasteiger partial charge in [0, 0.05) is 17.5 Å². The molecule has 2 unspecified atom stereocenters. The van der Waals surface area contributed by atoms with Crippen LogP contribution in [0.2, 0.25) is 0 Å². The lowest BCUT2D eigenvalue weighted by Gasteiger charge is -2.38. The molecule has 112 valence electrons. The average Bonchev–Trinajstić information content (AvgIpc) is 2.92. The van der Waals surface area contributed by atoms with E-state index in [9.17, 15) is 4.79 Å². The number of likely N-dealkylation sites (tertiary alicyclic amines) is 1. The molecule has 0 saturated carbocycles. The second-order valence-electron chi connectivity index (χ2n) is 5.87. The van der Waals surface area contributed by atoms with E-state index < -0.39 is 0 Å². The Morgan fingerprint density at radius 2 is 2.30 bits per heavy atom. The van der Waals surface area contributed by atoms with Crippen LogP contribution in [0.1, 0.15) is 57.4 Å². The van der Waals surface area contributed by atoms with Crippen LogP contribution in [0.4, 0.5) is 0 Å². The minimum atomic E-state index is 0.00284. The summed E-state index contributed by atoms with van der Waals surface area (Å²) in [5, 5.41) is 5.52. The SMILES string of the molecule is CCCC(c1cccs1)N1CCCC(NC(C)C)C1=O. The van der Waals surface area contributed by atoms with Gasteiger partial charge < -0.3 is 10.2 Å². The third-order valence-electron chi connectivity index (χ3n) is 3.82. The van der Waals surface area contributed by atoms with E-state index in [2.05, 4.69) is 48.5 Å². The fraction of sp³-hybridized carbons (Fsp3) is 0.688. The summed E-state index contributed by atoms with van der Waals surface area (Å²) in [4.78, 5) is 16.2. The molecule has 0 spiro atoms. The zero-order valence-electron chi connectivity index (χ0n) is 12.8. The molecule has 1 aromatic rings. The summed E-state index contributed by atoms with van der Waals surface area (Å²) in [5.74, 6) is 0.289. The lowest BCUT2D eigenvalue weighted by Crippen LogP contribution is -2.53. The number of nitrogens with zero attached hydrogens (tertiary/aromatic N) is 1. The van der Waals surface area contributed by atoms with Gasteiger partial charge in [-0.25, -0.2) is 0 Å². The lowest BCUT2D eigenvalue weighted by atomic mass is 9.99. The van der Waals surface area contributed by atoms with Gasteiger partial charge in [0.15, 0.2) is 0 Å². The van der Waals surface area contributed by atoms with Gasteiger partial charge in [-0.05, 0) is 30.7 Å². The monoisotopic (exact) mass is 294 g/mol. The summed E-state index contributed by atoms with van der Waals surface area (Å²) < 4.78 is 0. The van der Waals surface area contributed by atoms with Crippen molar-refractivity contribution in [2.75, 3.05) is 6.54 Å². The molecule has 2 rings (SSSR count). The molecule has 0 aromatic carbocycles. The molecule has 4 heteroatoms. The Balaban J connectivity index is 2.13. The third kappa shape index (κ3) is 3.61. The minimum Gasteiger partial charge on any atom is -0.333 e. The maximum atomic E-state index is 12.7. The first-order valence-electron chi connectivity index (χ1n) is 7.73. The van der Waals surface area contributed by atoms with Crippen LogP contribution in [0, 0.1) is 0 Å². The molecule has 1 aromatic heterocycles. The highest BCUT2D eigenvalue weighted by molar-refractivity contribution is 7.10. The first-order chi connectivity index (χ1) is 9.63. The highest BCUT2D eigenvalue weighted by Crippen LogP contribution is 2.32. The number of piperidine rings is 1. The highest BCUT2D eigenvalue weighted by atomic mass is 32.1. The second-order valence-corrected chi connectivity index (χ2v) is 6.85. The van der Waals surface area contributed by atoms with Crippen LogP contribution in [0.25, 0.3) is 0 Å². The summed E-state index contributed by atoms with van der Waals surface area (Å²) in [6.45, 7) is 7.31. The zero-order chi connectivity index (χ0) is 14.5. The van der Waals surface area contributed by atoms with Gasteiger partial charge in [0.05, 0.1) is 12.1 Å². The molecule has 0 aliphatic carbocycles. The Labute approximate surface area is 126 Å². The molecule has 1 aliphatic heterocycles. The van der Waals surface area contributed by atoms with Crippen molar-refractivity contribution in [2.24, 2.45) is 0 Å². The molecule has 0 bridgehead atoms. The van der Waals surface area contributed by atoms with E-state index >= 15 is 0 Å². The Morgan fingerprint density at radius 3 is 2.90 bits per heavy atom. The summed E-state index contributed by atoms with van der Waals surface area (Å²) in [7, 11) is 0. The van der Waals surface area contributed by atoms with Gasteiger partial charge in [-0.15, -0.1) is 11.3 Å². The number of hydrogen-bond donors (Lipinski definition) is 1. The molecule has 20 heavy (non-hydrogen) atoms. The van der Waals surface area contributed by atoms with Crippen LogP contribution in [-0.2, 0) is 4.79 Å². The fourth-order valence-electron chi connectivity index (χ4n) is 2.97. The highest BCUT2D eigenvalue weighted by Gasteiger charge is 2.33. The van der Waals surface area contributed by atoms with E-state index in [1.165, 1.54) is 4.88 Å². The van der Waals surface area contributed by atoms with Crippen molar-refractivity contribution in [3.05, 3.63) is 22.4 Å². The number of carbonyl (C=O) groups is 1. The minimum absolute atomic E-state index is 0.00284. The Bertz CT molecular complexity index is 416. The first-order valence-corrected chi connectivity index (χ1v) is 8.61. The molecule has 1 aliphatic rings. The molecule has 1 fully saturated rings. The number of carbonyl (C=O) groups excluding carboxylic acids is 1. The van der Waals surface area contributed by atoms with Crippen LogP contribution < -0.4 is 5.32 Å². The van der Waals surface area contributed by atoms with E-state index in [4.69, 9.17) is 0 Å². The maximum Gasteiger partial charge on any atom is 0.240 e. The van der Waals surface area contributed by atoms with E-state index in [1.54, 1.807) is 11.3 Å². The van der Waals surface area contributed by atoms with Crippen LogP contribution in [0.15, 0.2) is 17.5 Å². The standard InChI is InChI=1S/C16H26N2OS/c1-4-7-14(15-9-6-11-20-15)18-10-5-8-13(16(18)19)17-12(2)3/h6,9,11-14,17H,4-5,7-8,10H2,1-3H3. The quantitative estimate of drug-likeness (QED) is 0.870. The lowest BCUT2D eigenvalue weighted by molar-refractivity contribution is -0.139. The summed E-state index contributed by atoms with van der Waals surface area (Å²) in [6.07, 6.45) is 4.23. The first kappa shape index (κ1) is 15.5. The van der Waals surface area contributed by atoms with Crippen molar-refractivity contribution in [2.45, 2.75) is 64.6 Å². The molecule has 1 amide bonds. The largest absolute Gasteiger partial charge is 0.333 e. The van der Waals surface area contributed by atoms with Crippen LogP contribution in [-0.4, -0.2) is 29.4 Å². The van der Waals surface area contributed by atoms with E-state index in [1.807, 2.05) is 0 Å². The van der Waals surface area contributed by atoms with Gasteiger partial charge in [-0.3, -0.25) is 4.79 Å². The van der Waals surface area contributed by atoms with Crippen LogP contribution in [0.3, 0.4) is 0 Å². The Hall–Kier alpha value is -0.870. The van der Waals surface area contributed by atoms with E-state index in [0.29, 0.717) is 6.04 Å². The third-order valence-corrected chi connectivity index (χ3v) is 4.79. The van der Waals surface area contributed by atoms with Gasteiger partial charge in [-0.1, -0.05) is 33.3 Å². The number of rotatable bonds is 6. The molecule has 3 nitrogen and oxygen atoms in total. The smallest absolute Gasteiger partial charge is 0.240 e. The fourth-order valence-corrected chi connectivity index (χ4v) is 3.85. The van der Waals surface area contributed by atoms with Gasteiger partial charge in [0.2, 0.25) is 5.91 Å². The van der Waals surface area contributed by atoms with Crippen molar-refractivity contribution in [1.82, 2.24) is 10.2 Å². The Kier molecular flexibility index (Phi) is 5.61. The predicted molar refractivity (Wildman–Crippen MR) is 85.0 cm³/mol. The average molecular weight is 294 g/mol. The zero-order valence-corrected chi connectivity index (χ0v) is 13.6. The van der Waals surface area contributed by atoms with Gasteiger partial charge in [0.1, 0.15) is 0 Å². The van der Waals surface area contributed by atoms with Crippen LogP contribution in [0.5, 0.6) is 0 Å². The molecule has 1 N–H and O–H groups in total. The summed E-state index contributed by atoms with van der Waals surface area (Å²) in [5.41, 5.74) is 0. The molecule has 1 saturated heterocycles. The Morgan fingerprint density at radius 1 is 1.50 bits per heavy atom. The van der Waals surface area contributed by atoms with E-state index in [0.717, 1.165) is 32.2 Å². The number of nitrogens with one attached hydrogen (secondary N) is 1. The maximum absolute atomic E-state index is 12.7. The number of thiophene rings is 1. The summed E-state index contributed by atoms with van der Waals surface area (Å²) in [6, 6.07) is 4.88. The van der Waals surface area contributed by atoms with Crippen molar-refractivity contribution < 1.29 is 4.79 Å². The molecule has 0 radical (unpaired) electrons. The van der Waals surface area contributed by atoms with Gasteiger partial charge in [-0.2, -0.15) is 0 Å². The van der Waals surface area contributed by atoms with Gasteiger partial charge in [0.25, 0.3) is 0 Å². The predicted octanol–water partition coefficient (Wildman–Crippen LogP) is 3.58. The van der Waals surface area contributed by atoms with Crippen LogP contribution >= 0.6 is 11.3 Å². The molecule has 2 heterocycles. The molecular formula is C16H26N2OS. The van der Waals surface area contributed by atoms with Crippen molar-refractivity contribution in [1.29, 1.82) is 0 Å². The molecule has 2 atom stereocenters. The number of hydrogen-bond acceptors (Lipinski definition) is 3. The second kappa shape index (κ2) is 7.23. The normalized spacial score (nSPS) is 21.5. The van der Waals surface area contributed by atoms with E-state index in [-0.39, 0.29) is 18.0 Å². The summed E-state index contributed by atoms with van der Waals surface area (Å²) >= 11 is 1.77. The van der Waals surface area contributed by atoms with Crippen molar-refractivity contribution >= 4 is 17.2 Å². The van der Waals surface area contributed by atoms with Gasteiger partial charge >= 0.3 is 0 Å². The topological polar surface area (TPSA) is 32.3 Å². The number of amides is 1. The van der Waals surface area contributed by atoms with Crippen molar-refractivity contribution in [3.8, 4) is 0 Å².